The Morgan fingerprint density at radius 3 is 2.83 bits per heavy atom. The van der Waals surface area contributed by atoms with Gasteiger partial charge in [-0.15, -0.1) is 0 Å². The predicted octanol–water partition coefficient (Wildman–Crippen LogP) is 3.12. The summed E-state index contributed by atoms with van der Waals surface area (Å²) in [4.78, 5) is 36.3. The van der Waals surface area contributed by atoms with E-state index in [0.29, 0.717) is 19.7 Å². The number of aryl methyl sites for hydroxylation is 1. The van der Waals surface area contributed by atoms with Gasteiger partial charge in [0.2, 0.25) is 0 Å². The SMILES string of the molecule is CCOC(=O)CC1(NC(=O)N2CC[C@@H](c3nc4cccnc4n3C)C2)CCCCC1. The number of amides is 2. The summed E-state index contributed by atoms with van der Waals surface area (Å²) in [5.74, 6) is 0.923. The first kappa shape index (κ1) is 20.6. The molecule has 8 nitrogen and oxygen atoms in total. The average Bonchev–Trinajstić information content (AvgIpc) is 3.34. The fourth-order valence-corrected chi connectivity index (χ4v) is 4.93. The molecule has 0 radical (unpaired) electrons. The highest BCUT2D eigenvalue weighted by atomic mass is 16.5. The summed E-state index contributed by atoms with van der Waals surface area (Å²) >= 11 is 0. The molecule has 0 unspecified atom stereocenters. The molecule has 2 aromatic heterocycles. The maximum absolute atomic E-state index is 13.1. The lowest BCUT2D eigenvalue weighted by atomic mass is 9.79. The van der Waals surface area contributed by atoms with Crippen LogP contribution in [0.4, 0.5) is 4.79 Å². The Kier molecular flexibility index (Phi) is 5.92. The van der Waals surface area contributed by atoms with E-state index in [2.05, 4.69) is 10.3 Å². The van der Waals surface area contributed by atoms with Gasteiger partial charge in [0, 0.05) is 32.3 Å². The molecule has 1 atom stereocenters. The molecule has 1 aliphatic heterocycles. The lowest BCUT2D eigenvalue weighted by Gasteiger charge is -2.38. The maximum Gasteiger partial charge on any atom is 0.317 e. The molecular formula is C22H31N5O3. The summed E-state index contributed by atoms with van der Waals surface area (Å²) in [6, 6.07) is 3.77. The third-order valence-corrected chi connectivity index (χ3v) is 6.47. The van der Waals surface area contributed by atoms with Gasteiger partial charge in [-0.1, -0.05) is 19.3 Å². The number of nitrogens with zero attached hydrogens (tertiary/aromatic N) is 4. The summed E-state index contributed by atoms with van der Waals surface area (Å²) < 4.78 is 7.21. The number of urea groups is 1. The fraction of sp³-hybridized carbons (Fsp3) is 0.636. The molecule has 0 spiro atoms. The van der Waals surface area contributed by atoms with E-state index in [1.165, 1.54) is 0 Å². The predicted molar refractivity (Wildman–Crippen MR) is 113 cm³/mol. The van der Waals surface area contributed by atoms with Crippen molar-refractivity contribution in [3.63, 3.8) is 0 Å². The van der Waals surface area contributed by atoms with Crippen LogP contribution in [0.15, 0.2) is 18.3 Å². The Morgan fingerprint density at radius 2 is 2.10 bits per heavy atom. The van der Waals surface area contributed by atoms with Crippen LogP contribution in [0.5, 0.6) is 0 Å². The lowest BCUT2D eigenvalue weighted by molar-refractivity contribution is -0.145. The zero-order chi connectivity index (χ0) is 21.1. The van der Waals surface area contributed by atoms with Crippen LogP contribution < -0.4 is 5.32 Å². The van der Waals surface area contributed by atoms with Gasteiger partial charge in [0.15, 0.2) is 5.65 Å². The molecule has 3 heterocycles. The molecule has 1 saturated carbocycles. The van der Waals surface area contributed by atoms with Crippen molar-refractivity contribution in [2.45, 2.75) is 63.3 Å². The van der Waals surface area contributed by atoms with Crippen molar-refractivity contribution >= 4 is 23.2 Å². The number of hydrogen-bond acceptors (Lipinski definition) is 5. The molecule has 2 aromatic rings. The highest BCUT2D eigenvalue weighted by molar-refractivity contribution is 5.78. The molecule has 1 aliphatic carbocycles. The molecule has 1 saturated heterocycles. The van der Waals surface area contributed by atoms with Gasteiger partial charge in [0.25, 0.3) is 0 Å². The highest BCUT2D eigenvalue weighted by Gasteiger charge is 2.39. The molecule has 0 aromatic carbocycles. The molecule has 2 fully saturated rings. The molecule has 162 valence electrons. The van der Waals surface area contributed by atoms with Crippen LogP contribution in [0.2, 0.25) is 0 Å². The Balaban J connectivity index is 1.44. The van der Waals surface area contributed by atoms with Gasteiger partial charge in [-0.05, 0) is 38.3 Å². The van der Waals surface area contributed by atoms with E-state index in [1.54, 1.807) is 6.20 Å². The number of likely N-dealkylation sites (tertiary alicyclic amines) is 1. The van der Waals surface area contributed by atoms with Crippen molar-refractivity contribution in [1.29, 1.82) is 0 Å². The summed E-state index contributed by atoms with van der Waals surface area (Å²) in [6.07, 6.45) is 7.74. The highest BCUT2D eigenvalue weighted by Crippen LogP contribution is 2.33. The van der Waals surface area contributed by atoms with Crippen molar-refractivity contribution in [2.75, 3.05) is 19.7 Å². The largest absolute Gasteiger partial charge is 0.466 e. The monoisotopic (exact) mass is 413 g/mol. The van der Waals surface area contributed by atoms with Crippen LogP contribution in [-0.4, -0.2) is 56.7 Å². The minimum absolute atomic E-state index is 0.0828. The smallest absolute Gasteiger partial charge is 0.317 e. The van der Waals surface area contributed by atoms with Gasteiger partial charge in [-0.2, -0.15) is 0 Å². The molecule has 4 rings (SSSR count). The molecule has 2 aliphatic rings. The number of pyridine rings is 1. The first-order valence-corrected chi connectivity index (χ1v) is 11.0. The second kappa shape index (κ2) is 8.62. The van der Waals surface area contributed by atoms with Gasteiger partial charge in [0.1, 0.15) is 11.3 Å². The number of ether oxygens (including phenoxy) is 1. The number of rotatable bonds is 5. The standard InChI is InChI=1S/C22H31N5O3/c1-3-30-18(28)14-22(10-5-4-6-11-22)25-21(29)27-13-9-16(15-27)19-24-17-8-7-12-23-20(17)26(19)2/h7-8,12,16H,3-6,9-11,13-15H2,1-2H3,(H,25,29)/t16-/m1/s1. The van der Waals surface area contributed by atoms with E-state index in [1.807, 2.05) is 35.6 Å². The zero-order valence-electron chi connectivity index (χ0n) is 17.9. The second-order valence-corrected chi connectivity index (χ2v) is 8.56. The van der Waals surface area contributed by atoms with Gasteiger partial charge in [-0.25, -0.2) is 14.8 Å². The van der Waals surface area contributed by atoms with E-state index in [0.717, 1.165) is 55.5 Å². The zero-order valence-corrected chi connectivity index (χ0v) is 17.9. The van der Waals surface area contributed by atoms with Crippen molar-refractivity contribution in [2.24, 2.45) is 7.05 Å². The maximum atomic E-state index is 13.1. The van der Waals surface area contributed by atoms with Gasteiger partial charge in [0.05, 0.1) is 18.6 Å². The molecule has 30 heavy (non-hydrogen) atoms. The summed E-state index contributed by atoms with van der Waals surface area (Å²) in [5, 5.41) is 3.22. The van der Waals surface area contributed by atoms with E-state index >= 15 is 0 Å². The Hall–Kier alpha value is -2.64. The minimum Gasteiger partial charge on any atom is -0.466 e. The van der Waals surface area contributed by atoms with Crippen molar-refractivity contribution in [3.8, 4) is 0 Å². The number of esters is 1. The summed E-state index contributed by atoms with van der Waals surface area (Å²) in [5.41, 5.74) is 1.26. The quantitative estimate of drug-likeness (QED) is 0.761. The number of imidazole rings is 1. The third-order valence-electron chi connectivity index (χ3n) is 6.47. The van der Waals surface area contributed by atoms with Gasteiger partial charge in [-0.3, -0.25) is 4.79 Å². The summed E-state index contributed by atoms with van der Waals surface area (Å²) in [7, 11) is 1.98. The third kappa shape index (κ3) is 4.13. The average molecular weight is 414 g/mol. The van der Waals surface area contributed by atoms with Crippen molar-refractivity contribution in [1.82, 2.24) is 24.8 Å². The molecular weight excluding hydrogens is 382 g/mol. The van der Waals surface area contributed by atoms with E-state index in [-0.39, 0.29) is 24.3 Å². The molecule has 2 amide bonds. The normalized spacial score (nSPS) is 21.0. The van der Waals surface area contributed by atoms with E-state index in [4.69, 9.17) is 9.72 Å². The molecule has 0 bridgehead atoms. The fourth-order valence-electron chi connectivity index (χ4n) is 4.93. The molecule has 8 heteroatoms. The summed E-state index contributed by atoms with van der Waals surface area (Å²) in [6.45, 7) is 3.48. The Bertz CT molecular complexity index is 919. The number of hydrogen-bond donors (Lipinski definition) is 1. The molecule has 1 N–H and O–H groups in total. The Morgan fingerprint density at radius 1 is 1.30 bits per heavy atom. The number of nitrogens with one attached hydrogen (secondary N) is 1. The van der Waals surface area contributed by atoms with Crippen LogP contribution in [0.3, 0.4) is 0 Å². The number of carbonyl (C=O) groups is 2. The number of fused-ring (bicyclic) bond motifs is 1. The minimum atomic E-state index is -0.485. The van der Waals surface area contributed by atoms with Crippen LogP contribution >= 0.6 is 0 Å². The van der Waals surface area contributed by atoms with Crippen molar-refractivity contribution in [3.05, 3.63) is 24.2 Å². The Labute approximate surface area is 177 Å². The van der Waals surface area contributed by atoms with Crippen LogP contribution in [0.1, 0.15) is 63.6 Å². The van der Waals surface area contributed by atoms with E-state index < -0.39 is 5.54 Å². The topological polar surface area (TPSA) is 89.3 Å². The van der Waals surface area contributed by atoms with E-state index in [9.17, 15) is 9.59 Å². The van der Waals surface area contributed by atoms with Crippen LogP contribution in [0, 0.1) is 0 Å². The number of aromatic nitrogens is 3. The van der Waals surface area contributed by atoms with Crippen LogP contribution in [0.25, 0.3) is 11.2 Å². The van der Waals surface area contributed by atoms with Gasteiger partial charge < -0.3 is 19.5 Å². The lowest BCUT2D eigenvalue weighted by Crippen LogP contribution is -2.55. The first-order chi connectivity index (χ1) is 14.5. The second-order valence-electron chi connectivity index (χ2n) is 8.56. The van der Waals surface area contributed by atoms with Crippen LogP contribution in [-0.2, 0) is 16.6 Å². The number of carbonyl (C=O) groups excluding carboxylic acids is 2. The van der Waals surface area contributed by atoms with Crippen molar-refractivity contribution < 1.29 is 14.3 Å². The first-order valence-electron chi connectivity index (χ1n) is 11.0. The van der Waals surface area contributed by atoms with Gasteiger partial charge >= 0.3 is 12.0 Å².